The van der Waals surface area contributed by atoms with Crippen LogP contribution in [0.25, 0.3) is 22.4 Å². The fraction of sp³-hybridized carbons (Fsp3) is 0.435. The molecule has 3 heterocycles. The van der Waals surface area contributed by atoms with Crippen molar-refractivity contribution >= 4 is 34.3 Å². The Balaban J connectivity index is 1.56. The number of nitrogens with one attached hydrogen (secondary N) is 1. The van der Waals surface area contributed by atoms with Crippen molar-refractivity contribution in [2.75, 3.05) is 6.61 Å². The topological polar surface area (TPSA) is 118 Å². The largest absolute Gasteiger partial charge is 0.452 e. The van der Waals surface area contributed by atoms with Crippen molar-refractivity contribution in [3.05, 3.63) is 33.1 Å². The van der Waals surface area contributed by atoms with Crippen LogP contribution in [0, 0.1) is 32.1 Å². The number of nitriles is 1. The van der Waals surface area contributed by atoms with Gasteiger partial charge in [-0.3, -0.25) is 4.79 Å². The Morgan fingerprint density at radius 1 is 1.25 bits per heavy atom. The maximum Gasteiger partial charge on any atom is 0.339 e. The van der Waals surface area contributed by atoms with Gasteiger partial charge >= 0.3 is 5.97 Å². The Kier molecular flexibility index (Phi) is 5.98. The third-order valence-corrected chi connectivity index (χ3v) is 6.75. The minimum atomic E-state index is -0.877. The smallest absolute Gasteiger partial charge is 0.339 e. The SMILES string of the molecule is Cc1cc(-c2cc(C(=O)OCC(=O)NC3(C#N)CCCCC3)c3c(C)noc3n2)c(C)s1. The van der Waals surface area contributed by atoms with E-state index in [0.717, 1.165) is 34.6 Å². The van der Waals surface area contributed by atoms with Crippen molar-refractivity contribution in [1.29, 1.82) is 5.26 Å². The molecule has 0 bridgehead atoms. The highest BCUT2D eigenvalue weighted by atomic mass is 32.1. The summed E-state index contributed by atoms with van der Waals surface area (Å²) in [5.41, 5.74) is 1.61. The summed E-state index contributed by atoms with van der Waals surface area (Å²) in [5.74, 6) is -1.15. The summed E-state index contributed by atoms with van der Waals surface area (Å²) >= 11 is 1.64. The first-order valence-electron chi connectivity index (χ1n) is 10.6. The zero-order valence-corrected chi connectivity index (χ0v) is 19.1. The first-order chi connectivity index (χ1) is 15.3. The van der Waals surface area contributed by atoms with Crippen LogP contribution in [0.1, 0.15) is 57.9 Å². The quantitative estimate of drug-likeness (QED) is 0.571. The van der Waals surface area contributed by atoms with Gasteiger partial charge in [0.1, 0.15) is 5.54 Å². The molecule has 32 heavy (non-hydrogen) atoms. The van der Waals surface area contributed by atoms with Crippen molar-refractivity contribution in [2.45, 2.75) is 58.4 Å². The molecule has 0 atom stereocenters. The second kappa shape index (κ2) is 8.71. The lowest BCUT2D eigenvalue weighted by Crippen LogP contribution is -2.50. The number of thiophene rings is 1. The van der Waals surface area contributed by atoms with Crippen LogP contribution in [0.3, 0.4) is 0 Å². The highest BCUT2D eigenvalue weighted by Crippen LogP contribution is 2.33. The lowest BCUT2D eigenvalue weighted by molar-refractivity contribution is -0.125. The number of pyridine rings is 1. The van der Waals surface area contributed by atoms with Crippen LogP contribution in [0.4, 0.5) is 0 Å². The summed E-state index contributed by atoms with van der Waals surface area (Å²) in [5, 5.41) is 16.7. The fourth-order valence-electron chi connectivity index (χ4n) is 4.21. The van der Waals surface area contributed by atoms with Gasteiger partial charge in [0, 0.05) is 15.3 Å². The number of ether oxygens (including phenoxy) is 1. The van der Waals surface area contributed by atoms with Crippen LogP contribution in [0.2, 0.25) is 0 Å². The highest BCUT2D eigenvalue weighted by Gasteiger charge is 2.34. The Labute approximate surface area is 189 Å². The van der Waals surface area contributed by atoms with Gasteiger partial charge in [0.2, 0.25) is 0 Å². The van der Waals surface area contributed by atoms with Gasteiger partial charge in [-0.2, -0.15) is 5.26 Å². The molecule has 0 spiro atoms. The average Bonchev–Trinajstić information content (AvgIpc) is 3.33. The van der Waals surface area contributed by atoms with E-state index in [-0.39, 0.29) is 11.3 Å². The van der Waals surface area contributed by atoms with Crippen LogP contribution in [-0.4, -0.2) is 34.2 Å². The van der Waals surface area contributed by atoms with E-state index in [1.54, 1.807) is 24.3 Å². The Bertz CT molecular complexity index is 1230. The average molecular weight is 453 g/mol. The Hall–Kier alpha value is -3.25. The Morgan fingerprint density at radius 3 is 2.66 bits per heavy atom. The van der Waals surface area contributed by atoms with Crippen molar-refractivity contribution in [2.24, 2.45) is 0 Å². The summed E-state index contributed by atoms with van der Waals surface area (Å²) < 4.78 is 10.6. The van der Waals surface area contributed by atoms with Gasteiger partial charge in [0.25, 0.3) is 11.6 Å². The molecule has 0 unspecified atom stereocenters. The minimum Gasteiger partial charge on any atom is -0.452 e. The van der Waals surface area contributed by atoms with E-state index in [1.807, 2.05) is 19.9 Å². The number of rotatable bonds is 5. The molecule has 9 heteroatoms. The molecule has 166 valence electrons. The molecule has 1 amide bonds. The number of aryl methyl sites for hydroxylation is 3. The first-order valence-corrected chi connectivity index (χ1v) is 11.4. The summed E-state index contributed by atoms with van der Waals surface area (Å²) in [6, 6.07) is 5.89. The third-order valence-electron chi connectivity index (χ3n) is 5.79. The van der Waals surface area contributed by atoms with Crippen molar-refractivity contribution in [3.63, 3.8) is 0 Å². The molecule has 8 nitrogen and oxygen atoms in total. The second-order valence-electron chi connectivity index (χ2n) is 8.21. The monoisotopic (exact) mass is 452 g/mol. The molecule has 1 fully saturated rings. The van der Waals surface area contributed by atoms with Gasteiger partial charge in [0.05, 0.1) is 28.4 Å². The first kappa shape index (κ1) is 22.0. The molecule has 3 aromatic heterocycles. The number of amides is 1. The van der Waals surface area contributed by atoms with E-state index in [4.69, 9.17) is 9.26 Å². The van der Waals surface area contributed by atoms with Gasteiger partial charge in [-0.25, -0.2) is 9.78 Å². The van der Waals surface area contributed by atoms with Crippen LogP contribution < -0.4 is 5.32 Å². The van der Waals surface area contributed by atoms with E-state index in [0.29, 0.717) is 29.6 Å². The molecule has 1 saturated carbocycles. The molecule has 0 saturated heterocycles. The molecular weight excluding hydrogens is 428 g/mol. The molecule has 0 radical (unpaired) electrons. The number of hydrogen-bond acceptors (Lipinski definition) is 8. The van der Waals surface area contributed by atoms with Crippen LogP contribution in [0.5, 0.6) is 0 Å². The second-order valence-corrected chi connectivity index (χ2v) is 9.67. The van der Waals surface area contributed by atoms with Crippen LogP contribution in [0.15, 0.2) is 16.7 Å². The number of hydrogen-bond donors (Lipinski definition) is 1. The van der Waals surface area contributed by atoms with Crippen molar-refractivity contribution in [1.82, 2.24) is 15.5 Å². The normalized spacial score (nSPS) is 15.3. The van der Waals surface area contributed by atoms with Gasteiger partial charge in [-0.1, -0.05) is 24.4 Å². The zero-order valence-electron chi connectivity index (χ0n) is 18.3. The maximum atomic E-state index is 13.0. The molecule has 1 aliphatic carbocycles. The molecule has 1 aliphatic rings. The van der Waals surface area contributed by atoms with Crippen molar-refractivity contribution < 1.29 is 18.8 Å². The molecule has 0 aliphatic heterocycles. The zero-order chi connectivity index (χ0) is 22.9. The number of nitrogens with zero attached hydrogens (tertiary/aromatic N) is 3. The van der Waals surface area contributed by atoms with Crippen LogP contribution >= 0.6 is 11.3 Å². The molecule has 1 N–H and O–H groups in total. The van der Waals surface area contributed by atoms with E-state index >= 15 is 0 Å². The van der Waals surface area contributed by atoms with Gasteiger partial charge in [-0.05, 0) is 45.7 Å². The van der Waals surface area contributed by atoms with E-state index in [9.17, 15) is 14.9 Å². The lowest BCUT2D eigenvalue weighted by atomic mass is 9.83. The van der Waals surface area contributed by atoms with E-state index in [2.05, 4.69) is 21.5 Å². The predicted molar refractivity (Wildman–Crippen MR) is 119 cm³/mol. The number of carbonyl (C=O) groups excluding carboxylic acids is 2. The van der Waals surface area contributed by atoms with Crippen molar-refractivity contribution in [3.8, 4) is 17.3 Å². The summed E-state index contributed by atoms with van der Waals surface area (Å²) in [6.07, 6.45) is 4.04. The molecular formula is C23H24N4O4S. The lowest BCUT2D eigenvalue weighted by Gasteiger charge is -2.31. The number of carbonyl (C=O) groups is 2. The van der Waals surface area contributed by atoms with Gasteiger partial charge in [-0.15, -0.1) is 11.3 Å². The maximum absolute atomic E-state index is 13.0. The Morgan fingerprint density at radius 2 is 2.00 bits per heavy atom. The molecule has 0 aromatic carbocycles. The highest BCUT2D eigenvalue weighted by molar-refractivity contribution is 7.12. The van der Waals surface area contributed by atoms with Crippen LogP contribution in [-0.2, 0) is 9.53 Å². The molecule has 3 aromatic rings. The number of fused-ring (bicyclic) bond motifs is 1. The predicted octanol–water partition coefficient (Wildman–Crippen LogP) is 4.38. The fourth-order valence-corrected chi connectivity index (χ4v) is 5.14. The summed E-state index contributed by atoms with van der Waals surface area (Å²) in [7, 11) is 0. The van der Waals surface area contributed by atoms with E-state index < -0.39 is 24.0 Å². The molecule has 4 rings (SSSR count). The van der Waals surface area contributed by atoms with Gasteiger partial charge < -0.3 is 14.6 Å². The minimum absolute atomic E-state index is 0.241. The van der Waals surface area contributed by atoms with Gasteiger partial charge in [0.15, 0.2) is 6.61 Å². The third kappa shape index (κ3) is 4.23. The number of aromatic nitrogens is 2. The summed E-state index contributed by atoms with van der Waals surface area (Å²) in [4.78, 5) is 32.1. The standard InChI is InChI=1S/C23H24N4O4S/c1-13-9-16(15(3)32-13)18-10-17(20-14(2)27-31-21(20)25-18)22(29)30-11-19(28)26-23(12-24)7-5-4-6-8-23/h9-10H,4-8,11H2,1-3H3,(H,26,28). The van der Waals surface area contributed by atoms with E-state index in [1.165, 1.54) is 0 Å². The number of esters is 1. The summed E-state index contributed by atoms with van der Waals surface area (Å²) in [6.45, 7) is 5.24.